The van der Waals surface area contributed by atoms with Gasteiger partial charge in [0.15, 0.2) is 0 Å². The molecule has 0 bridgehead atoms. The van der Waals surface area contributed by atoms with Gasteiger partial charge in [0.1, 0.15) is 12.0 Å². The van der Waals surface area contributed by atoms with Crippen LogP contribution in [0.2, 0.25) is 0 Å². The molecule has 1 aliphatic heterocycles. The second-order valence-corrected chi connectivity index (χ2v) is 4.02. The number of amides is 1. The molecule has 2 rings (SSSR count). The van der Waals surface area contributed by atoms with Crippen LogP contribution < -0.4 is 10.6 Å². The third-order valence-electron chi connectivity index (χ3n) is 2.82. The number of aromatic nitrogens is 1. The smallest absolute Gasteiger partial charge is 0.227 e. The summed E-state index contributed by atoms with van der Waals surface area (Å²) in [5, 5.41) is 9.82. The second-order valence-electron chi connectivity index (χ2n) is 4.02. The van der Waals surface area contributed by atoms with Gasteiger partial charge in [0.05, 0.1) is 25.7 Å². The summed E-state index contributed by atoms with van der Waals surface area (Å²) in [6.45, 7) is 4.31. The van der Waals surface area contributed by atoms with Gasteiger partial charge in [0.2, 0.25) is 5.91 Å². The van der Waals surface area contributed by atoms with Gasteiger partial charge in [0, 0.05) is 12.1 Å². The van der Waals surface area contributed by atoms with Crippen molar-refractivity contribution in [3.05, 3.63) is 18.0 Å². The quantitative estimate of drug-likeness (QED) is 0.751. The molecule has 94 valence electrons. The van der Waals surface area contributed by atoms with Crippen molar-refractivity contribution in [3.63, 3.8) is 0 Å². The molecule has 2 atom stereocenters. The molecule has 6 heteroatoms. The Hall–Kier alpha value is -1.40. The lowest BCUT2D eigenvalue weighted by molar-refractivity contribution is -0.125. The lowest BCUT2D eigenvalue weighted by Gasteiger charge is -2.17. The summed E-state index contributed by atoms with van der Waals surface area (Å²) in [6, 6.07) is 1.84. The van der Waals surface area contributed by atoms with E-state index < -0.39 is 0 Å². The monoisotopic (exact) mass is 239 g/mol. The van der Waals surface area contributed by atoms with Gasteiger partial charge in [-0.1, -0.05) is 12.1 Å². The van der Waals surface area contributed by atoms with Crippen LogP contribution in [0.1, 0.15) is 12.6 Å². The van der Waals surface area contributed by atoms with E-state index in [0.29, 0.717) is 19.8 Å². The number of hydrogen-bond donors (Lipinski definition) is 2. The molecule has 1 aromatic rings. The second kappa shape index (κ2) is 5.79. The van der Waals surface area contributed by atoms with E-state index in [-0.39, 0.29) is 17.9 Å². The van der Waals surface area contributed by atoms with Gasteiger partial charge in [-0.2, -0.15) is 0 Å². The minimum Gasteiger partial charge on any atom is -0.379 e. The van der Waals surface area contributed by atoms with Crippen LogP contribution in [-0.4, -0.2) is 36.9 Å². The Bertz CT molecular complexity index is 353. The van der Waals surface area contributed by atoms with E-state index in [1.807, 2.05) is 6.92 Å². The molecule has 1 fully saturated rings. The zero-order valence-electron chi connectivity index (χ0n) is 9.81. The van der Waals surface area contributed by atoms with Crippen LogP contribution in [0.3, 0.4) is 0 Å². The minimum absolute atomic E-state index is 0.00329. The first-order chi connectivity index (χ1) is 8.31. The molecule has 0 aromatic carbocycles. The molecule has 2 unspecified atom stereocenters. The minimum atomic E-state index is -0.123. The van der Waals surface area contributed by atoms with Crippen LogP contribution in [0, 0.1) is 5.92 Å². The fraction of sp³-hybridized carbons (Fsp3) is 0.636. The molecular weight excluding hydrogens is 222 g/mol. The maximum absolute atomic E-state index is 11.9. The predicted octanol–water partition coefficient (Wildman–Crippen LogP) is -0.0847. The Morgan fingerprint density at radius 1 is 1.59 bits per heavy atom. The maximum Gasteiger partial charge on any atom is 0.227 e. The van der Waals surface area contributed by atoms with Gasteiger partial charge in [-0.05, 0) is 6.54 Å². The fourth-order valence-corrected chi connectivity index (χ4v) is 1.91. The summed E-state index contributed by atoms with van der Waals surface area (Å²) >= 11 is 0. The predicted molar refractivity (Wildman–Crippen MR) is 60.1 cm³/mol. The van der Waals surface area contributed by atoms with Crippen molar-refractivity contribution in [2.75, 3.05) is 19.8 Å². The summed E-state index contributed by atoms with van der Waals surface area (Å²) in [5.74, 6) is -0.127. The van der Waals surface area contributed by atoms with E-state index in [2.05, 4.69) is 15.8 Å². The first-order valence-corrected chi connectivity index (χ1v) is 5.79. The molecule has 6 nitrogen and oxygen atoms in total. The SMILES string of the molecule is CCNC1COCC1C(=O)NCc1ccon1. The summed E-state index contributed by atoms with van der Waals surface area (Å²) in [4.78, 5) is 11.9. The number of nitrogens with zero attached hydrogens (tertiary/aromatic N) is 1. The van der Waals surface area contributed by atoms with E-state index in [1.165, 1.54) is 6.26 Å². The number of likely N-dealkylation sites (N-methyl/N-ethyl adjacent to an activating group) is 1. The number of ether oxygens (including phenoxy) is 1. The zero-order chi connectivity index (χ0) is 12.1. The Balaban J connectivity index is 1.82. The molecule has 1 aromatic heterocycles. The van der Waals surface area contributed by atoms with Crippen molar-refractivity contribution in [1.82, 2.24) is 15.8 Å². The highest BCUT2D eigenvalue weighted by Gasteiger charge is 2.33. The third kappa shape index (κ3) is 3.04. The first-order valence-electron chi connectivity index (χ1n) is 5.79. The zero-order valence-corrected chi connectivity index (χ0v) is 9.81. The highest BCUT2D eigenvalue weighted by atomic mass is 16.5. The molecule has 1 saturated heterocycles. The number of nitrogens with one attached hydrogen (secondary N) is 2. The van der Waals surface area contributed by atoms with Crippen LogP contribution in [0.25, 0.3) is 0 Å². The van der Waals surface area contributed by atoms with Gasteiger partial charge < -0.3 is 19.9 Å². The van der Waals surface area contributed by atoms with Crippen LogP contribution >= 0.6 is 0 Å². The van der Waals surface area contributed by atoms with Crippen LogP contribution in [0.5, 0.6) is 0 Å². The molecule has 0 spiro atoms. The van der Waals surface area contributed by atoms with E-state index in [0.717, 1.165) is 12.2 Å². The topological polar surface area (TPSA) is 76.4 Å². The Labute approximate surface area is 99.7 Å². The Morgan fingerprint density at radius 2 is 2.47 bits per heavy atom. The fourth-order valence-electron chi connectivity index (χ4n) is 1.91. The number of carbonyl (C=O) groups excluding carboxylic acids is 1. The van der Waals surface area contributed by atoms with Crippen LogP contribution in [0.15, 0.2) is 16.9 Å². The molecule has 0 radical (unpaired) electrons. The van der Waals surface area contributed by atoms with Crippen molar-refractivity contribution in [2.45, 2.75) is 19.5 Å². The average Bonchev–Trinajstić information content (AvgIpc) is 2.97. The summed E-state index contributed by atoms with van der Waals surface area (Å²) in [5.41, 5.74) is 0.720. The molecule has 0 aliphatic carbocycles. The van der Waals surface area contributed by atoms with Crippen molar-refractivity contribution in [2.24, 2.45) is 5.92 Å². The van der Waals surface area contributed by atoms with Gasteiger partial charge in [-0.25, -0.2) is 0 Å². The summed E-state index contributed by atoms with van der Waals surface area (Å²) in [7, 11) is 0. The number of hydrogen-bond acceptors (Lipinski definition) is 5. The molecule has 0 saturated carbocycles. The average molecular weight is 239 g/mol. The Kier molecular flexibility index (Phi) is 4.11. The summed E-state index contributed by atoms with van der Waals surface area (Å²) in [6.07, 6.45) is 1.49. The molecular formula is C11H17N3O3. The number of carbonyl (C=O) groups is 1. The third-order valence-corrected chi connectivity index (χ3v) is 2.82. The van der Waals surface area contributed by atoms with Crippen molar-refractivity contribution < 1.29 is 14.1 Å². The summed E-state index contributed by atoms with van der Waals surface area (Å²) < 4.78 is 10.0. The van der Waals surface area contributed by atoms with E-state index >= 15 is 0 Å². The normalized spacial score (nSPS) is 23.8. The molecule has 1 aliphatic rings. The van der Waals surface area contributed by atoms with Gasteiger partial charge in [-0.15, -0.1) is 0 Å². The Morgan fingerprint density at radius 3 is 3.18 bits per heavy atom. The van der Waals surface area contributed by atoms with E-state index in [4.69, 9.17) is 9.26 Å². The van der Waals surface area contributed by atoms with E-state index in [9.17, 15) is 4.79 Å². The standard InChI is InChI=1S/C11H17N3O3/c1-2-12-10-7-16-6-9(10)11(15)13-5-8-3-4-17-14-8/h3-4,9-10,12H,2,5-7H2,1H3,(H,13,15). The van der Waals surface area contributed by atoms with Gasteiger partial charge in [0.25, 0.3) is 0 Å². The maximum atomic E-state index is 11.9. The van der Waals surface area contributed by atoms with Crippen molar-refractivity contribution in [3.8, 4) is 0 Å². The lowest BCUT2D eigenvalue weighted by atomic mass is 10.0. The van der Waals surface area contributed by atoms with Crippen molar-refractivity contribution in [1.29, 1.82) is 0 Å². The van der Waals surface area contributed by atoms with Crippen LogP contribution in [0.4, 0.5) is 0 Å². The van der Waals surface area contributed by atoms with Crippen molar-refractivity contribution >= 4 is 5.91 Å². The van der Waals surface area contributed by atoms with Crippen LogP contribution in [-0.2, 0) is 16.1 Å². The van der Waals surface area contributed by atoms with Gasteiger partial charge >= 0.3 is 0 Å². The molecule has 2 N–H and O–H groups in total. The number of rotatable bonds is 5. The molecule has 17 heavy (non-hydrogen) atoms. The van der Waals surface area contributed by atoms with Gasteiger partial charge in [-0.3, -0.25) is 4.79 Å². The molecule has 1 amide bonds. The van der Waals surface area contributed by atoms with E-state index in [1.54, 1.807) is 6.07 Å². The largest absolute Gasteiger partial charge is 0.379 e. The lowest BCUT2D eigenvalue weighted by Crippen LogP contribution is -2.43. The highest BCUT2D eigenvalue weighted by molar-refractivity contribution is 5.79. The molecule has 2 heterocycles. The highest BCUT2D eigenvalue weighted by Crippen LogP contribution is 2.13. The first kappa shape index (κ1) is 12.1.